The smallest absolute Gasteiger partial charge is 0.307 e. The Labute approximate surface area is 130 Å². The molecule has 0 fully saturated rings. The number of hydrogen-bond donors (Lipinski definition) is 2. The van der Waals surface area contributed by atoms with Crippen LogP contribution in [0.5, 0.6) is 0 Å². The number of halogens is 2. The molecule has 102 valence electrons. The van der Waals surface area contributed by atoms with Gasteiger partial charge in [0.1, 0.15) is 0 Å². The van der Waals surface area contributed by atoms with Crippen molar-refractivity contribution in [1.29, 1.82) is 0 Å². The van der Waals surface area contributed by atoms with E-state index in [0.29, 0.717) is 10.7 Å². The van der Waals surface area contributed by atoms with E-state index in [1.807, 2.05) is 24.3 Å². The molecule has 6 heteroatoms. The van der Waals surface area contributed by atoms with Crippen LogP contribution in [0.1, 0.15) is 5.56 Å². The van der Waals surface area contributed by atoms with Gasteiger partial charge >= 0.3 is 6.03 Å². The summed E-state index contributed by atoms with van der Waals surface area (Å²) in [6.45, 7) is 0. The van der Waals surface area contributed by atoms with Crippen LogP contribution in [0.25, 0.3) is 0 Å². The second-order valence-corrected chi connectivity index (χ2v) is 5.14. The van der Waals surface area contributed by atoms with E-state index in [-0.39, 0.29) is 0 Å². The fourth-order valence-electron chi connectivity index (χ4n) is 1.43. The highest BCUT2D eigenvalue weighted by atomic mass is 79.9. The van der Waals surface area contributed by atoms with Gasteiger partial charge in [0.25, 0.3) is 0 Å². The number of nitrogens with zero attached hydrogens (tertiary/aromatic N) is 1. The Balaban J connectivity index is 1.89. The number of carbonyl (C=O) groups is 1. The number of amides is 2. The number of nitrogens with one attached hydrogen (secondary N) is 2. The summed E-state index contributed by atoms with van der Waals surface area (Å²) in [6.07, 6.45) is 1.56. The first-order chi connectivity index (χ1) is 9.65. The van der Waals surface area contributed by atoms with Crippen LogP contribution < -0.4 is 10.7 Å². The summed E-state index contributed by atoms with van der Waals surface area (Å²) in [5.41, 5.74) is 3.90. The van der Waals surface area contributed by atoms with Gasteiger partial charge in [0, 0.05) is 20.7 Å². The van der Waals surface area contributed by atoms with Crippen molar-refractivity contribution in [2.75, 3.05) is 5.32 Å². The summed E-state index contributed by atoms with van der Waals surface area (Å²) in [5.74, 6) is 0. The van der Waals surface area contributed by atoms with Crippen molar-refractivity contribution < 1.29 is 4.79 Å². The maximum Gasteiger partial charge on any atom is 0.339 e. The number of rotatable bonds is 3. The fraction of sp³-hybridized carbons (Fsp3) is 0. The molecule has 0 atom stereocenters. The summed E-state index contributed by atoms with van der Waals surface area (Å²) in [7, 11) is 0. The standard InChI is InChI=1S/C14H11BrClN3O/c15-13-4-2-1-3-10(13)9-17-19-14(20)18-12-7-5-11(16)6-8-12/h1-9H,(H2,18,19,20)/b17-9-. The van der Waals surface area contributed by atoms with E-state index in [1.165, 1.54) is 0 Å². The summed E-state index contributed by atoms with van der Waals surface area (Å²) in [4.78, 5) is 11.6. The van der Waals surface area contributed by atoms with E-state index in [0.717, 1.165) is 10.0 Å². The van der Waals surface area contributed by atoms with E-state index in [9.17, 15) is 4.79 Å². The lowest BCUT2D eigenvalue weighted by Gasteiger charge is -2.04. The predicted molar refractivity (Wildman–Crippen MR) is 85.3 cm³/mol. The molecule has 2 amide bonds. The van der Waals surface area contributed by atoms with Crippen molar-refractivity contribution in [1.82, 2.24) is 5.43 Å². The first-order valence-corrected chi connectivity index (χ1v) is 6.92. The number of benzene rings is 2. The largest absolute Gasteiger partial charge is 0.339 e. The Bertz CT molecular complexity index is 629. The molecule has 0 saturated heterocycles. The van der Waals surface area contributed by atoms with E-state index in [4.69, 9.17) is 11.6 Å². The van der Waals surface area contributed by atoms with Crippen LogP contribution in [0.4, 0.5) is 10.5 Å². The normalized spacial score (nSPS) is 10.5. The minimum Gasteiger partial charge on any atom is -0.307 e. The van der Waals surface area contributed by atoms with E-state index in [2.05, 4.69) is 31.8 Å². The van der Waals surface area contributed by atoms with Gasteiger partial charge in [-0.05, 0) is 30.3 Å². The molecule has 20 heavy (non-hydrogen) atoms. The van der Waals surface area contributed by atoms with Crippen molar-refractivity contribution in [3.05, 3.63) is 63.6 Å². The van der Waals surface area contributed by atoms with Crippen molar-refractivity contribution in [2.24, 2.45) is 5.10 Å². The molecule has 2 N–H and O–H groups in total. The number of hydrogen-bond acceptors (Lipinski definition) is 2. The first-order valence-electron chi connectivity index (χ1n) is 5.75. The van der Waals surface area contributed by atoms with Crippen molar-refractivity contribution >= 4 is 45.5 Å². The zero-order valence-corrected chi connectivity index (χ0v) is 12.6. The van der Waals surface area contributed by atoms with Gasteiger partial charge < -0.3 is 5.32 Å². The number of carbonyl (C=O) groups excluding carboxylic acids is 1. The zero-order valence-electron chi connectivity index (χ0n) is 10.3. The third kappa shape index (κ3) is 4.36. The lowest BCUT2D eigenvalue weighted by molar-refractivity contribution is 0.252. The van der Waals surface area contributed by atoms with Crippen LogP contribution >= 0.6 is 27.5 Å². The Morgan fingerprint density at radius 2 is 1.85 bits per heavy atom. The monoisotopic (exact) mass is 351 g/mol. The van der Waals surface area contributed by atoms with Gasteiger partial charge in [0.2, 0.25) is 0 Å². The Morgan fingerprint density at radius 1 is 1.15 bits per heavy atom. The predicted octanol–water partition coefficient (Wildman–Crippen LogP) is 4.26. The molecular weight excluding hydrogens is 342 g/mol. The second-order valence-electron chi connectivity index (χ2n) is 3.85. The lowest BCUT2D eigenvalue weighted by Crippen LogP contribution is -2.24. The molecular formula is C14H11BrClN3O. The molecule has 0 aliphatic carbocycles. The molecule has 0 heterocycles. The molecule has 2 aromatic rings. The molecule has 2 aromatic carbocycles. The van der Waals surface area contributed by atoms with E-state index >= 15 is 0 Å². The van der Waals surface area contributed by atoms with Gasteiger partial charge in [0.15, 0.2) is 0 Å². The molecule has 0 bridgehead atoms. The quantitative estimate of drug-likeness (QED) is 0.629. The molecule has 0 aromatic heterocycles. The van der Waals surface area contributed by atoms with Gasteiger partial charge in [-0.1, -0.05) is 45.7 Å². The van der Waals surface area contributed by atoms with Gasteiger partial charge in [-0.25, -0.2) is 10.2 Å². The zero-order chi connectivity index (χ0) is 14.4. The van der Waals surface area contributed by atoms with Gasteiger partial charge in [-0.15, -0.1) is 0 Å². The molecule has 2 rings (SSSR count). The minimum absolute atomic E-state index is 0.421. The van der Waals surface area contributed by atoms with Gasteiger partial charge in [-0.2, -0.15) is 5.10 Å². The summed E-state index contributed by atoms with van der Waals surface area (Å²) >= 11 is 9.15. The number of anilines is 1. The molecule has 0 aliphatic rings. The number of hydrazone groups is 1. The topological polar surface area (TPSA) is 53.5 Å². The van der Waals surface area contributed by atoms with E-state index < -0.39 is 6.03 Å². The second kappa shape index (κ2) is 7.07. The van der Waals surface area contributed by atoms with Gasteiger partial charge in [-0.3, -0.25) is 0 Å². The highest BCUT2D eigenvalue weighted by Gasteiger charge is 1.99. The average molecular weight is 353 g/mol. The molecule has 0 aliphatic heterocycles. The lowest BCUT2D eigenvalue weighted by atomic mass is 10.2. The Hall–Kier alpha value is -1.85. The maximum atomic E-state index is 11.6. The van der Waals surface area contributed by atoms with Crippen molar-refractivity contribution in [2.45, 2.75) is 0 Å². The van der Waals surface area contributed by atoms with Crippen LogP contribution in [0.15, 0.2) is 58.1 Å². The summed E-state index contributed by atoms with van der Waals surface area (Å²) in [5, 5.41) is 7.12. The highest BCUT2D eigenvalue weighted by Crippen LogP contribution is 2.14. The van der Waals surface area contributed by atoms with Crippen LogP contribution in [0.2, 0.25) is 5.02 Å². The molecule has 4 nitrogen and oxygen atoms in total. The van der Waals surface area contributed by atoms with Crippen molar-refractivity contribution in [3.63, 3.8) is 0 Å². The third-order valence-corrected chi connectivity index (χ3v) is 3.35. The average Bonchev–Trinajstić information content (AvgIpc) is 2.43. The van der Waals surface area contributed by atoms with Gasteiger partial charge in [0.05, 0.1) is 6.21 Å². The van der Waals surface area contributed by atoms with Crippen molar-refractivity contribution in [3.8, 4) is 0 Å². The van der Waals surface area contributed by atoms with Crippen LogP contribution in [0.3, 0.4) is 0 Å². The van der Waals surface area contributed by atoms with Crippen LogP contribution in [0, 0.1) is 0 Å². The van der Waals surface area contributed by atoms with Crippen LogP contribution in [-0.4, -0.2) is 12.2 Å². The van der Waals surface area contributed by atoms with Crippen LogP contribution in [-0.2, 0) is 0 Å². The molecule has 0 unspecified atom stereocenters. The molecule has 0 radical (unpaired) electrons. The first kappa shape index (κ1) is 14.6. The molecule has 0 spiro atoms. The third-order valence-electron chi connectivity index (χ3n) is 2.38. The molecule has 0 saturated carbocycles. The number of urea groups is 1. The Kier molecular flexibility index (Phi) is 5.15. The highest BCUT2D eigenvalue weighted by molar-refractivity contribution is 9.10. The minimum atomic E-state index is -0.421. The fourth-order valence-corrected chi connectivity index (χ4v) is 1.95. The summed E-state index contributed by atoms with van der Waals surface area (Å²) < 4.78 is 0.906. The summed E-state index contributed by atoms with van der Waals surface area (Å²) in [6, 6.07) is 14.0. The maximum absolute atomic E-state index is 11.6. The Morgan fingerprint density at radius 3 is 2.55 bits per heavy atom. The SMILES string of the molecule is O=C(N/N=C\c1ccccc1Br)Nc1ccc(Cl)cc1. The van der Waals surface area contributed by atoms with E-state index in [1.54, 1.807) is 30.5 Å².